The van der Waals surface area contributed by atoms with E-state index in [2.05, 4.69) is 9.94 Å². The van der Waals surface area contributed by atoms with E-state index in [0.717, 1.165) is 13.1 Å². The van der Waals surface area contributed by atoms with E-state index in [1.165, 1.54) is 18.2 Å². The Labute approximate surface area is 107 Å². The molecule has 0 aliphatic heterocycles. The summed E-state index contributed by atoms with van der Waals surface area (Å²) in [6.45, 7) is 1.11. The molecule has 0 saturated carbocycles. The highest BCUT2D eigenvalue weighted by Gasteiger charge is 2.10. The molecule has 0 bridgehead atoms. The molecule has 1 rings (SSSR count). The van der Waals surface area contributed by atoms with E-state index in [-0.39, 0.29) is 10.6 Å². The number of nitrogens with one attached hydrogen (secondary N) is 1. The van der Waals surface area contributed by atoms with E-state index >= 15 is 0 Å². The van der Waals surface area contributed by atoms with Crippen molar-refractivity contribution in [1.82, 2.24) is 5.17 Å². The largest absolute Gasteiger partial charge is 0.366 e. The molecule has 0 fully saturated rings. The van der Waals surface area contributed by atoms with Gasteiger partial charge < -0.3 is 10.6 Å². The molecule has 0 aliphatic rings. The van der Waals surface area contributed by atoms with E-state index < -0.39 is 17.7 Å². The van der Waals surface area contributed by atoms with Gasteiger partial charge in [0.25, 0.3) is 0 Å². The van der Waals surface area contributed by atoms with Crippen molar-refractivity contribution >= 4 is 29.7 Å². The first kappa shape index (κ1) is 13.9. The second-order valence-electron chi connectivity index (χ2n) is 3.12. The van der Waals surface area contributed by atoms with Crippen molar-refractivity contribution in [2.45, 2.75) is 6.92 Å². The lowest BCUT2D eigenvalue weighted by molar-refractivity contribution is -0.170. The Morgan fingerprint density at radius 1 is 1.67 bits per heavy atom. The Kier molecular flexibility index (Phi) is 4.61. The second-order valence-corrected chi connectivity index (χ2v) is 3.53. The number of hydrogen-bond acceptors (Lipinski definition) is 4. The number of halogens is 2. The fraction of sp³-hybridized carbons (Fsp3) is 0.100. The molecule has 0 amide bonds. The first-order chi connectivity index (χ1) is 8.41. The van der Waals surface area contributed by atoms with E-state index in [0.29, 0.717) is 5.17 Å². The van der Waals surface area contributed by atoms with Crippen molar-refractivity contribution in [2.24, 2.45) is 10.8 Å². The lowest BCUT2D eigenvalue weighted by atomic mass is 10.2. The van der Waals surface area contributed by atoms with Crippen LogP contribution < -0.4 is 5.73 Å². The zero-order chi connectivity index (χ0) is 13.7. The van der Waals surface area contributed by atoms with Gasteiger partial charge in [0.05, 0.1) is 11.2 Å². The van der Waals surface area contributed by atoms with E-state index in [1.54, 1.807) is 0 Å². The zero-order valence-corrected chi connectivity index (χ0v) is 10.1. The number of carbonyl (C=O) groups excluding carboxylic acids is 1. The molecule has 0 unspecified atom stereocenters. The van der Waals surface area contributed by atoms with E-state index in [4.69, 9.17) is 22.7 Å². The molecule has 6 nitrogen and oxygen atoms in total. The predicted molar refractivity (Wildman–Crippen MR) is 64.5 cm³/mol. The van der Waals surface area contributed by atoms with Crippen LogP contribution >= 0.6 is 11.6 Å². The minimum atomic E-state index is -0.720. The van der Waals surface area contributed by atoms with Gasteiger partial charge >= 0.3 is 5.97 Å². The van der Waals surface area contributed by atoms with Crippen LogP contribution in [0.15, 0.2) is 23.3 Å². The summed E-state index contributed by atoms with van der Waals surface area (Å²) in [6, 6.07) is 4.09. The standard InChI is InChI=1S/C10H10ClFN4O2/c1-6(17)18-16(10(13)14)15-5-7-8(11)3-2-4-9(7)12/h2-5H,1H3,(H3,13,14). The number of guanidine groups is 1. The van der Waals surface area contributed by atoms with Gasteiger partial charge in [0.15, 0.2) is 0 Å². The number of carbonyl (C=O) groups is 1. The molecule has 0 radical (unpaired) electrons. The molecule has 0 saturated heterocycles. The molecule has 3 N–H and O–H groups in total. The molecule has 8 heteroatoms. The molecule has 1 aromatic rings. The van der Waals surface area contributed by atoms with Crippen LogP contribution in [-0.4, -0.2) is 23.3 Å². The minimum absolute atomic E-state index is 0.00225. The van der Waals surface area contributed by atoms with Crippen LogP contribution in [0.2, 0.25) is 5.02 Å². The van der Waals surface area contributed by atoms with Crippen LogP contribution in [0.1, 0.15) is 12.5 Å². The average Bonchev–Trinajstić information content (AvgIpc) is 2.26. The van der Waals surface area contributed by atoms with Crippen molar-refractivity contribution in [3.05, 3.63) is 34.6 Å². The fourth-order valence-corrected chi connectivity index (χ4v) is 1.21. The highest BCUT2D eigenvalue weighted by atomic mass is 35.5. The Morgan fingerprint density at radius 3 is 2.83 bits per heavy atom. The van der Waals surface area contributed by atoms with Crippen LogP contribution in [0.25, 0.3) is 0 Å². The third kappa shape index (κ3) is 3.70. The van der Waals surface area contributed by atoms with Gasteiger partial charge in [-0.3, -0.25) is 5.41 Å². The molecule has 96 valence electrons. The molecule has 1 aromatic carbocycles. The number of hydrazone groups is 1. The predicted octanol–water partition coefficient (Wildman–Crippen LogP) is 1.49. The zero-order valence-electron chi connectivity index (χ0n) is 9.35. The number of rotatable bonds is 2. The van der Waals surface area contributed by atoms with Crippen molar-refractivity contribution in [3.63, 3.8) is 0 Å². The third-order valence-corrected chi connectivity index (χ3v) is 2.04. The van der Waals surface area contributed by atoms with Gasteiger partial charge in [-0.1, -0.05) is 22.8 Å². The molecule has 0 heterocycles. The summed E-state index contributed by atoms with van der Waals surface area (Å²) in [5, 5.41) is 11.2. The highest BCUT2D eigenvalue weighted by molar-refractivity contribution is 6.33. The maximum Gasteiger partial charge on any atom is 0.332 e. The van der Waals surface area contributed by atoms with Gasteiger partial charge in [-0.05, 0) is 12.1 Å². The lowest BCUT2D eigenvalue weighted by Crippen LogP contribution is -2.33. The van der Waals surface area contributed by atoms with E-state index in [1.807, 2.05) is 0 Å². The summed E-state index contributed by atoms with van der Waals surface area (Å²) < 4.78 is 13.4. The Balaban J connectivity index is 2.96. The quantitative estimate of drug-likeness (QED) is 0.485. The second kappa shape index (κ2) is 5.97. The van der Waals surface area contributed by atoms with Gasteiger partial charge in [-0.15, -0.1) is 5.10 Å². The maximum absolute atomic E-state index is 13.4. The fourth-order valence-electron chi connectivity index (χ4n) is 1.00. The first-order valence-corrected chi connectivity index (χ1v) is 5.10. The lowest BCUT2D eigenvalue weighted by Gasteiger charge is -2.13. The topological polar surface area (TPSA) is 91.8 Å². The smallest absolute Gasteiger partial charge is 0.332 e. The summed E-state index contributed by atoms with van der Waals surface area (Å²) in [5.41, 5.74) is 5.11. The average molecular weight is 273 g/mol. The van der Waals surface area contributed by atoms with Gasteiger partial charge in [0.1, 0.15) is 5.82 Å². The molecule has 0 aliphatic carbocycles. The summed E-state index contributed by atoms with van der Waals surface area (Å²) >= 11 is 5.76. The van der Waals surface area contributed by atoms with Crippen LogP contribution in [-0.2, 0) is 9.63 Å². The van der Waals surface area contributed by atoms with Crippen molar-refractivity contribution in [2.75, 3.05) is 0 Å². The van der Waals surface area contributed by atoms with Crippen LogP contribution in [0.3, 0.4) is 0 Å². The van der Waals surface area contributed by atoms with Gasteiger partial charge in [-0.25, -0.2) is 9.18 Å². The minimum Gasteiger partial charge on any atom is -0.366 e. The first-order valence-electron chi connectivity index (χ1n) is 4.72. The van der Waals surface area contributed by atoms with Crippen LogP contribution in [0.4, 0.5) is 4.39 Å². The summed E-state index contributed by atoms with van der Waals surface area (Å²) in [7, 11) is 0. The number of hydrogen-bond donors (Lipinski definition) is 2. The Bertz CT molecular complexity index is 486. The number of hydroxylamine groups is 1. The summed E-state index contributed by atoms with van der Waals surface area (Å²) in [5.74, 6) is -1.95. The van der Waals surface area contributed by atoms with Gasteiger partial charge in [0.2, 0.25) is 5.96 Å². The van der Waals surface area contributed by atoms with Crippen molar-refractivity contribution in [1.29, 1.82) is 5.41 Å². The summed E-state index contributed by atoms with van der Waals surface area (Å²) in [4.78, 5) is 15.2. The number of benzene rings is 1. The monoisotopic (exact) mass is 272 g/mol. The van der Waals surface area contributed by atoms with Gasteiger partial charge in [0, 0.05) is 12.5 Å². The number of nitrogens with two attached hydrogens (primary N) is 1. The SMILES string of the molecule is CC(=O)ON(N=Cc1c(F)cccc1Cl)C(=N)N. The van der Waals surface area contributed by atoms with Crippen LogP contribution in [0, 0.1) is 11.2 Å². The summed E-state index contributed by atoms with van der Waals surface area (Å²) in [6.07, 6.45) is 1.00. The molecule has 18 heavy (non-hydrogen) atoms. The van der Waals surface area contributed by atoms with Crippen molar-refractivity contribution in [3.8, 4) is 0 Å². The molecule has 0 spiro atoms. The third-order valence-electron chi connectivity index (χ3n) is 1.71. The van der Waals surface area contributed by atoms with Gasteiger partial charge in [-0.2, -0.15) is 0 Å². The normalized spacial score (nSPS) is 10.4. The number of nitrogens with zero attached hydrogens (tertiary/aromatic N) is 2. The molecular formula is C10H10ClFN4O2. The molecular weight excluding hydrogens is 263 g/mol. The maximum atomic E-state index is 13.4. The highest BCUT2D eigenvalue weighted by Crippen LogP contribution is 2.16. The van der Waals surface area contributed by atoms with Crippen molar-refractivity contribution < 1.29 is 14.0 Å². The Hall–Kier alpha value is -2.15. The van der Waals surface area contributed by atoms with Crippen LogP contribution in [0.5, 0.6) is 0 Å². The molecule has 0 atom stereocenters. The van der Waals surface area contributed by atoms with E-state index in [9.17, 15) is 9.18 Å². The Morgan fingerprint density at radius 2 is 2.33 bits per heavy atom. The molecule has 0 aromatic heterocycles.